The number of rotatable bonds is 15. The van der Waals surface area contributed by atoms with Gasteiger partial charge in [0.05, 0.1) is 50.8 Å². The van der Waals surface area contributed by atoms with E-state index in [1.54, 1.807) is 22.7 Å². The van der Waals surface area contributed by atoms with Gasteiger partial charge in [0.25, 0.3) is 0 Å². The van der Waals surface area contributed by atoms with E-state index < -0.39 is 10.8 Å². The minimum atomic E-state index is -3.36. The number of nitrogens with zero attached hydrogens (tertiary/aromatic N) is 6. The summed E-state index contributed by atoms with van der Waals surface area (Å²) >= 11 is 3.11. The van der Waals surface area contributed by atoms with Crippen molar-refractivity contribution < 1.29 is 29.4 Å². The Morgan fingerprint density at radius 2 is 1.00 bits per heavy atom. The van der Waals surface area contributed by atoms with Crippen LogP contribution in [-0.2, 0) is 34.4 Å². The third-order valence-electron chi connectivity index (χ3n) is 5.28. The van der Waals surface area contributed by atoms with Gasteiger partial charge in [0.2, 0.25) is 0 Å². The molecule has 0 radical (unpaired) electrons. The van der Waals surface area contributed by atoms with Gasteiger partial charge < -0.3 is 20.1 Å². The Morgan fingerprint density at radius 1 is 0.628 bits per heavy atom. The van der Waals surface area contributed by atoms with Crippen LogP contribution in [0.4, 0.5) is 33.0 Å². The van der Waals surface area contributed by atoms with Crippen molar-refractivity contribution in [3.8, 4) is 0 Å². The van der Waals surface area contributed by atoms with E-state index in [9.17, 15) is 0 Å². The number of aromatic nitrogens is 2. The van der Waals surface area contributed by atoms with Crippen LogP contribution in [0.25, 0.3) is 0 Å². The summed E-state index contributed by atoms with van der Waals surface area (Å²) in [5.74, 6) is 0. The minimum absolute atomic E-state index is 0.558. The van der Waals surface area contributed by atoms with Crippen LogP contribution in [0.3, 0.4) is 0 Å². The van der Waals surface area contributed by atoms with Gasteiger partial charge in [0.15, 0.2) is 0 Å². The molecule has 0 amide bonds. The number of hydrogen-bond donors (Lipinski definition) is 2. The van der Waals surface area contributed by atoms with Gasteiger partial charge in [-0.3, -0.25) is 0 Å². The molecule has 0 unspecified atom stereocenters. The second kappa shape index (κ2) is 19.6. The Labute approximate surface area is 278 Å². The second-order valence-electron chi connectivity index (χ2n) is 8.77. The predicted octanol–water partition coefficient (Wildman–Crippen LogP) is 8.60. The Hall–Kier alpha value is -1.80. The number of halogens is 4. The van der Waals surface area contributed by atoms with Crippen molar-refractivity contribution in [1.82, 2.24) is 0 Å². The average Bonchev–Trinajstić information content (AvgIpc) is 3.59. The molecule has 230 valence electrons. The number of azo groups is 2. The molecule has 0 atom stereocenters. The summed E-state index contributed by atoms with van der Waals surface area (Å²) in [5.41, 5.74) is 3.66. The van der Waals surface area contributed by atoms with Gasteiger partial charge >= 0.3 is 59.8 Å². The van der Waals surface area contributed by atoms with Crippen molar-refractivity contribution in [3.05, 3.63) is 71.7 Å². The molecule has 4 aromatic rings. The molecular formula is C26H32Cl4N8O2S2Zn. The van der Waals surface area contributed by atoms with Crippen molar-refractivity contribution in [2.45, 2.75) is 0 Å². The molecule has 43 heavy (non-hydrogen) atoms. The van der Waals surface area contributed by atoms with Gasteiger partial charge in [-0.2, -0.15) is 0 Å². The first-order valence-corrected chi connectivity index (χ1v) is 30.6. The first kappa shape index (κ1) is 35.7. The van der Waals surface area contributed by atoms with Gasteiger partial charge in [-0.1, -0.05) is 0 Å². The monoisotopic (exact) mass is 756 g/mol. The van der Waals surface area contributed by atoms with Crippen molar-refractivity contribution in [3.63, 3.8) is 0 Å². The standard InChI is InChI=1S/C26H30N8O2S2.4ClH.Zn/c1-33-13-19-37-25(33)31-29-23-7-3-21(4-8-23)27-11-15-35-17-18-36-16-12-28-22-5-9-24(10-6-22)30-32-26-34(2)14-20-38-26;;;;;/h3-10,13-14,19-20H,11-12,15-18H2,1-2H3;4*1H;/q;;;;;+2/p-2. The Balaban J connectivity index is 0.000000934. The maximum absolute atomic E-state index is 5.64. The summed E-state index contributed by atoms with van der Waals surface area (Å²) in [7, 11) is 20.7. The molecule has 0 fully saturated rings. The van der Waals surface area contributed by atoms with Crippen LogP contribution in [0.5, 0.6) is 0 Å². The molecule has 0 saturated heterocycles. The predicted molar refractivity (Wildman–Crippen MR) is 174 cm³/mol. The number of aryl methyl sites for hydroxylation is 2. The van der Waals surface area contributed by atoms with Crippen LogP contribution in [0.1, 0.15) is 0 Å². The van der Waals surface area contributed by atoms with E-state index in [4.69, 9.17) is 48.2 Å². The molecule has 0 aliphatic carbocycles. The van der Waals surface area contributed by atoms with Gasteiger partial charge in [-0.25, -0.2) is 9.13 Å². The molecule has 2 aromatic heterocycles. The first-order chi connectivity index (χ1) is 20.7. The second-order valence-corrected chi connectivity index (χ2v) is 38.3. The summed E-state index contributed by atoms with van der Waals surface area (Å²) in [6, 6.07) is 15.7. The molecule has 0 saturated carbocycles. The Morgan fingerprint density at radius 3 is 1.33 bits per heavy atom. The molecule has 10 nitrogen and oxygen atoms in total. The topological polar surface area (TPSA) is 99.7 Å². The third-order valence-corrected chi connectivity index (χ3v) is 6.96. The van der Waals surface area contributed by atoms with E-state index in [0.29, 0.717) is 26.4 Å². The zero-order valence-corrected chi connectivity index (χ0v) is 31.3. The van der Waals surface area contributed by atoms with Gasteiger partial charge in [-0.05, 0) is 81.4 Å². The van der Waals surface area contributed by atoms with E-state index in [2.05, 4.69) is 31.1 Å². The van der Waals surface area contributed by atoms with E-state index in [0.717, 1.165) is 46.1 Å². The fourth-order valence-corrected chi connectivity index (χ4v) is 4.56. The number of benzene rings is 2. The number of nitrogens with one attached hydrogen (secondary N) is 2. The third kappa shape index (κ3) is 15.7. The molecule has 2 N–H and O–H groups in total. The summed E-state index contributed by atoms with van der Waals surface area (Å²) < 4.78 is 15.2. The van der Waals surface area contributed by atoms with Crippen LogP contribution in [0.15, 0.2) is 92.1 Å². The summed E-state index contributed by atoms with van der Waals surface area (Å²) in [5, 5.41) is 29.4. The van der Waals surface area contributed by atoms with Gasteiger partial charge in [-0.15, -0.1) is 0 Å². The van der Waals surface area contributed by atoms with Crippen LogP contribution >= 0.6 is 61.4 Å². The zero-order valence-electron chi connectivity index (χ0n) is 23.7. The molecule has 2 heterocycles. The quantitative estimate of drug-likeness (QED) is 0.0549. The van der Waals surface area contributed by atoms with Crippen LogP contribution in [0, 0.1) is 0 Å². The van der Waals surface area contributed by atoms with Gasteiger partial charge in [0.1, 0.15) is 23.8 Å². The fraction of sp³-hybridized carbons (Fsp3) is 0.308. The zero-order chi connectivity index (χ0) is 30.9. The van der Waals surface area contributed by atoms with Crippen molar-refractivity contribution in [2.75, 3.05) is 50.2 Å². The van der Waals surface area contributed by atoms with Gasteiger partial charge in [0, 0.05) is 35.2 Å². The molecule has 0 spiro atoms. The number of anilines is 2. The van der Waals surface area contributed by atoms with E-state index >= 15 is 0 Å². The SMILES string of the molecule is C[n+]1ccsc1N=Nc1ccc(NCCOCCOCCNc2ccc(N=Nc3scc[n+]3C)cc2)cc1.[Cl][Zn-2]([Cl])([Cl])[Cl]. The summed E-state index contributed by atoms with van der Waals surface area (Å²) in [4.78, 5) is 0. The first-order valence-electron chi connectivity index (χ1n) is 13.3. The maximum atomic E-state index is 5.64. The number of thiazole rings is 2. The van der Waals surface area contributed by atoms with Crippen molar-refractivity contribution >= 4 is 94.5 Å². The van der Waals surface area contributed by atoms with Crippen molar-refractivity contribution in [1.29, 1.82) is 0 Å². The van der Waals surface area contributed by atoms with E-state index in [1.807, 2.05) is 94.9 Å². The Kier molecular flexibility index (Phi) is 16.2. The Bertz CT molecular complexity index is 1310. The number of ether oxygens (including phenoxy) is 2. The van der Waals surface area contributed by atoms with Crippen molar-refractivity contribution in [2.24, 2.45) is 34.6 Å². The molecule has 17 heteroatoms. The van der Waals surface area contributed by atoms with Crippen LogP contribution in [-0.4, -0.2) is 39.5 Å². The van der Waals surface area contributed by atoms with E-state index in [-0.39, 0.29) is 0 Å². The fourth-order valence-electron chi connectivity index (χ4n) is 3.20. The molecular weight excluding hydrogens is 728 g/mol. The van der Waals surface area contributed by atoms with Crippen LogP contribution in [0.2, 0.25) is 0 Å². The molecule has 0 aliphatic rings. The van der Waals surface area contributed by atoms with Crippen LogP contribution < -0.4 is 19.8 Å². The summed E-state index contributed by atoms with van der Waals surface area (Å²) in [6.45, 7) is 3.76. The van der Waals surface area contributed by atoms with E-state index in [1.165, 1.54) is 0 Å². The number of hydrogen-bond acceptors (Lipinski definition) is 10. The molecule has 4 rings (SSSR count). The molecule has 2 aromatic carbocycles. The molecule has 0 aliphatic heterocycles. The molecule has 0 bridgehead atoms. The average molecular weight is 760 g/mol. The summed E-state index contributed by atoms with van der Waals surface area (Å²) in [6.07, 6.45) is 3.92. The normalized spacial score (nSPS) is 11.6.